The van der Waals surface area contributed by atoms with Gasteiger partial charge in [0.2, 0.25) is 6.10 Å². The van der Waals surface area contributed by atoms with Crippen LogP contribution in [0.25, 0.3) is 6.08 Å². The van der Waals surface area contributed by atoms with Crippen molar-refractivity contribution in [2.75, 3.05) is 0 Å². The fraction of sp³-hybridized carbons (Fsp3) is 0.500. The van der Waals surface area contributed by atoms with Gasteiger partial charge in [-0.1, -0.05) is 45.2 Å². The molecule has 0 radical (unpaired) electrons. The number of halogens is 4. The lowest BCUT2D eigenvalue weighted by Crippen LogP contribution is -2.40. The van der Waals surface area contributed by atoms with Crippen molar-refractivity contribution in [1.82, 2.24) is 0 Å². The molecule has 1 aromatic carbocycles. The molecular weight excluding hydrogens is 357 g/mol. The summed E-state index contributed by atoms with van der Waals surface area (Å²) >= 11 is 6.32. The van der Waals surface area contributed by atoms with E-state index in [0.29, 0.717) is 10.6 Å². The maximum atomic E-state index is 13.2. The van der Waals surface area contributed by atoms with Gasteiger partial charge in [-0.2, -0.15) is 13.2 Å². The molecule has 1 N–H and O–H groups in total. The minimum atomic E-state index is -4.82. The molecule has 0 saturated carbocycles. The van der Waals surface area contributed by atoms with Gasteiger partial charge in [0.05, 0.1) is 5.57 Å². The third-order valence-corrected chi connectivity index (χ3v) is 4.68. The van der Waals surface area contributed by atoms with E-state index in [1.807, 2.05) is 13.8 Å². The van der Waals surface area contributed by atoms with E-state index in [1.165, 1.54) is 12.1 Å². The molecule has 1 atom stereocenters. The normalized spacial score (nSPS) is 17.6. The lowest BCUT2D eigenvalue weighted by molar-refractivity contribution is -0.187. The van der Waals surface area contributed by atoms with E-state index in [1.54, 1.807) is 0 Å². The zero-order chi connectivity index (χ0) is 19.0. The third-order valence-electron chi connectivity index (χ3n) is 4.37. The van der Waals surface area contributed by atoms with Gasteiger partial charge in [0.25, 0.3) is 0 Å². The first-order valence-electron chi connectivity index (χ1n) is 7.99. The van der Waals surface area contributed by atoms with Crippen LogP contribution >= 0.6 is 11.6 Å². The molecule has 0 bridgehead atoms. The molecule has 0 amide bonds. The van der Waals surface area contributed by atoms with Gasteiger partial charge < -0.3 is 9.84 Å². The zero-order valence-corrected chi connectivity index (χ0v) is 15.0. The van der Waals surface area contributed by atoms with E-state index in [0.717, 1.165) is 25.3 Å². The molecule has 1 aromatic rings. The van der Waals surface area contributed by atoms with Gasteiger partial charge in [0.1, 0.15) is 5.75 Å². The quantitative estimate of drug-likeness (QED) is 0.727. The molecule has 3 nitrogen and oxygen atoms in total. The number of hydrogen-bond acceptors (Lipinski definition) is 2. The molecule has 1 heterocycles. The Kier molecular flexibility index (Phi) is 5.42. The summed E-state index contributed by atoms with van der Waals surface area (Å²) in [6.45, 7) is 6.00. The summed E-state index contributed by atoms with van der Waals surface area (Å²) < 4.78 is 44.5. The van der Waals surface area contributed by atoms with Crippen LogP contribution in [0, 0.1) is 0 Å². The van der Waals surface area contributed by atoms with Crippen LogP contribution in [0.1, 0.15) is 51.2 Å². The third kappa shape index (κ3) is 4.11. The SMILES string of the molecule is CCCCC(C)(C)c1cc2c(cc1Cl)C=C(C(=O)O)C(C(F)(F)F)O2. The molecule has 0 saturated heterocycles. The molecule has 7 heteroatoms. The largest absolute Gasteiger partial charge is 0.478 e. The van der Waals surface area contributed by atoms with Crippen molar-refractivity contribution in [3.63, 3.8) is 0 Å². The predicted octanol–water partition coefficient (Wildman–Crippen LogP) is 5.60. The average Bonchev–Trinajstić information content (AvgIpc) is 2.50. The van der Waals surface area contributed by atoms with Gasteiger partial charge in [-0.25, -0.2) is 4.79 Å². The molecule has 1 aliphatic heterocycles. The Morgan fingerprint density at radius 1 is 1.32 bits per heavy atom. The fourth-order valence-corrected chi connectivity index (χ4v) is 3.33. The minimum absolute atomic E-state index is 0.00343. The van der Waals surface area contributed by atoms with E-state index < -0.39 is 23.8 Å². The number of benzene rings is 1. The second-order valence-electron chi connectivity index (χ2n) is 6.80. The highest BCUT2D eigenvalue weighted by Crippen LogP contribution is 2.43. The van der Waals surface area contributed by atoms with Crippen LogP contribution in [0.4, 0.5) is 13.2 Å². The van der Waals surface area contributed by atoms with Crippen LogP contribution in [0.2, 0.25) is 5.02 Å². The van der Waals surface area contributed by atoms with Gasteiger partial charge in [-0.05, 0) is 35.6 Å². The Labute approximate surface area is 149 Å². The van der Waals surface area contributed by atoms with Gasteiger partial charge in [-0.15, -0.1) is 0 Å². The van der Waals surface area contributed by atoms with Crippen molar-refractivity contribution in [1.29, 1.82) is 0 Å². The maximum Gasteiger partial charge on any atom is 0.430 e. The van der Waals surface area contributed by atoms with Crippen molar-refractivity contribution in [2.24, 2.45) is 0 Å². The summed E-state index contributed by atoms with van der Waals surface area (Å²) in [5.41, 5.74) is -0.266. The highest BCUT2D eigenvalue weighted by molar-refractivity contribution is 6.31. The lowest BCUT2D eigenvalue weighted by Gasteiger charge is -2.31. The number of ether oxygens (including phenoxy) is 1. The Morgan fingerprint density at radius 3 is 2.48 bits per heavy atom. The number of unbranched alkanes of at least 4 members (excludes halogenated alkanes) is 1. The number of aliphatic carboxylic acids is 1. The molecule has 0 aliphatic carbocycles. The first-order chi connectivity index (χ1) is 11.5. The Hall–Kier alpha value is -1.69. The fourth-order valence-electron chi connectivity index (χ4n) is 2.91. The van der Waals surface area contributed by atoms with Crippen LogP contribution in [0.15, 0.2) is 17.7 Å². The molecule has 138 valence electrons. The van der Waals surface area contributed by atoms with Crippen LogP contribution in [0.3, 0.4) is 0 Å². The van der Waals surface area contributed by atoms with Crippen LogP contribution in [-0.2, 0) is 10.2 Å². The summed E-state index contributed by atoms with van der Waals surface area (Å²) in [5, 5.41) is 9.45. The number of fused-ring (bicyclic) bond motifs is 1. The highest BCUT2D eigenvalue weighted by atomic mass is 35.5. The Morgan fingerprint density at radius 2 is 1.96 bits per heavy atom. The second kappa shape index (κ2) is 6.90. The number of hydrogen-bond donors (Lipinski definition) is 1. The monoisotopic (exact) mass is 376 g/mol. The van der Waals surface area contributed by atoms with E-state index in [2.05, 4.69) is 6.92 Å². The molecule has 25 heavy (non-hydrogen) atoms. The van der Waals surface area contributed by atoms with E-state index in [9.17, 15) is 18.0 Å². The van der Waals surface area contributed by atoms with E-state index in [4.69, 9.17) is 21.4 Å². The van der Waals surface area contributed by atoms with E-state index in [-0.39, 0.29) is 16.7 Å². The molecule has 0 aromatic heterocycles. The van der Waals surface area contributed by atoms with Crippen molar-refractivity contribution < 1.29 is 27.8 Å². The summed E-state index contributed by atoms with van der Waals surface area (Å²) in [4.78, 5) is 11.2. The van der Waals surface area contributed by atoms with Gasteiger partial charge in [-0.3, -0.25) is 0 Å². The summed E-state index contributed by atoms with van der Waals surface area (Å²) in [6, 6.07) is 2.97. The molecule has 0 spiro atoms. The zero-order valence-electron chi connectivity index (χ0n) is 14.2. The van der Waals surface area contributed by atoms with Gasteiger partial charge >= 0.3 is 12.1 Å². The number of carbonyl (C=O) groups is 1. The molecule has 0 fully saturated rings. The van der Waals surface area contributed by atoms with Crippen LogP contribution in [0.5, 0.6) is 5.75 Å². The Bertz CT molecular complexity index is 708. The molecular formula is C18H20ClF3O3. The van der Waals surface area contributed by atoms with Crippen molar-refractivity contribution >= 4 is 23.6 Å². The number of alkyl halides is 3. The van der Waals surface area contributed by atoms with Crippen molar-refractivity contribution in [3.8, 4) is 5.75 Å². The van der Waals surface area contributed by atoms with Crippen molar-refractivity contribution in [3.05, 3.63) is 33.9 Å². The topological polar surface area (TPSA) is 46.5 Å². The smallest absolute Gasteiger partial charge is 0.430 e. The first kappa shape index (κ1) is 19.6. The number of carboxylic acids is 1. The first-order valence-corrected chi connectivity index (χ1v) is 8.37. The van der Waals surface area contributed by atoms with Gasteiger partial charge in [0.15, 0.2) is 0 Å². The summed E-state index contributed by atoms with van der Waals surface area (Å²) in [7, 11) is 0. The number of carboxylic acid groups (broad SMARTS) is 1. The average molecular weight is 377 g/mol. The molecule has 1 unspecified atom stereocenters. The van der Waals surface area contributed by atoms with Gasteiger partial charge in [0, 0.05) is 10.6 Å². The van der Waals surface area contributed by atoms with E-state index >= 15 is 0 Å². The Balaban J connectivity index is 2.52. The van der Waals surface area contributed by atoms with Crippen LogP contribution in [-0.4, -0.2) is 23.4 Å². The number of rotatable bonds is 5. The van der Waals surface area contributed by atoms with Crippen molar-refractivity contribution in [2.45, 2.75) is 57.7 Å². The summed E-state index contributed by atoms with van der Waals surface area (Å²) in [6.07, 6.45) is -3.57. The maximum absolute atomic E-state index is 13.2. The standard InChI is InChI=1S/C18H20ClF3O3/c1-4-5-6-17(2,3)12-9-14-10(8-13(12)19)7-11(16(23)24)15(25-14)18(20,21)22/h7-9,15H,4-6H2,1-3H3,(H,23,24). The molecule has 1 aliphatic rings. The minimum Gasteiger partial charge on any atom is -0.478 e. The predicted molar refractivity (Wildman–Crippen MR) is 90.1 cm³/mol. The second-order valence-corrected chi connectivity index (χ2v) is 7.21. The lowest BCUT2D eigenvalue weighted by atomic mass is 9.79. The highest BCUT2D eigenvalue weighted by Gasteiger charge is 2.48. The van der Waals surface area contributed by atoms with Crippen LogP contribution < -0.4 is 4.74 Å². The summed E-state index contributed by atoms with van der Waals surface area (Å²) in [5.74, 6) is -1.67. The molecule has 2 rings (SSSR count).